The van der Waals surface area contributed by atoms with Gasteiger partial charge in [-0.1, -0.05) is 34.8 Å². The number of hydrazone groups is 1. The van der Waals surface area contributed by atoms with Crippen molar-refractivity contribution in [3.8, 4) is 5.75 Å². The number of nitrogens with one attached hydrogen (secondary N) is 1. The quantitative estimate of drug-likeness (QED) is 0.618. The Balaban J connectivity index is 1.92. The van der Waals surface area contributed by atoms with E-state index in [1.807, 2.05) is 0 Å². The summed E-state index contributed by atoms with van der Waals surface area (Å²) in [6.45, 7) is 1.56. The Kier molecular flexibility index (Phi) is 6.28. The van der Waals surface area contributed by atoms with E-state index in [1.165, 1.54) is 0 Å². The Labute approximate surface area is 149 Å². The molecule has 2 rings (SSSR count). The summed E-state index contributed by atoms with van der Waals surface area (Å²) in [6.07, 6.45) is 0. The first-order chi connectivity index (χ1) is 11.0. The van der Waals surface area contributed by atoms with Gasteiger partial charge in [-0.25, -0.2) is 5.43 Å². The van der Waals surface area contributed by atoms with E-state index in [4.69, 9.17) is 39.5 Å². The number of benzene rings is 2. The van der Waals surface area contributed by atoms with E-state index >= 15 is 0 Å². The number of hydrogen-bond donors (Lipinski definition) is 1. The van der Waals surface area contributed by atoms with Crippen LogP contribution in [0.5, 0.6) is 5.75 Å². The molecule has 0 saturated carbocycles. The zero-order chi connectivity index (χ0) is 16.8. The molecule has 1 N–H and O–H groups in total. The average Bonchev–Trinajstić information content (AvgIpc) is 2.54. The van der Waals surface area contributed by atoms with Crippen molar-refractivity contribution in [3.63, 3.8) is 0 Å². The van der Waals surface area contributed by atoms with Crippen LogP contribution >= 0.6 is 34.8 Å². The minimum atomic E-state index is -0.391. The van der Waals surface area contributed by atoms with Crippen LogP contribution in [0.4, 0.5) is 0 Å². The normalized spacial score (nSPS) is 11.2. The maximum atomic E-state index is 11.7. The van der Waals surface area contributed by atoms with Gasteiger partial charge in [0, 0.05) is 20.6 Å². The molecule has 0 atom stereocenters. The van der Waals surface area contributed by atoms with Gasteiger partial charge in [-0.05, 0) is 49.4 Å². The maximum Gasteiger partial charge on any atom is 0.277 e. The van der Waals surface area contributed by atoms with Crippen molar-refractivity contribution in [1.29, 1.82) is 0 Å². The lowest BCUT2D eigenvalue weighted by Gasteiger charge is -2.07. The summed E-state index contributed by atoms with van der Waals surface area (Å²) in [5, 5.41) is 5.63. The van der Waals surface area contributed by atoms with Crippen LogP contribution < -0.4 is 10.2 Å². The highest BCUT2D eigenvalue weighted by Crippen LogP contribution is 2.21. The predicted molar refractivity (Wildman–Crippen MR) is 93.8 cm³/mol. The van der Waals surface area contributed by atoms with Gasteiger partial charge < -0.3 is 4.74 Å². The van der Waals surface area contributed by atoms with Gasteiger partial charge in [0.15, 0.2) is 6.61 Å². The number of ether oxygens (including phenoxy) is 1. The van der Waals surface area contributed by atoms with Crippen LogP contribution in [0, 0.1) is 0 Å². The maximum absolute atomic E-state index is 11.7. The molecule has 23 heavy (non-hydrogen) atoms. The SMILES string of the molecule is C/C(=N/NC(=O)COc1ccc(Cl)cc1)c1cc(Cl)ccc1Cl. The van der Waals surface area contributed by atoms with Crippen LogP contribution in [0.25, 0.3) is 0 Å². The van der Waals surface area contributed by atoms with Gasteiger partial charge in [-0.15, -0.1) is 0 Å². The summed E-state index contributed by atoms with van der Waals surface area (Å²) in [4.78, 5) is 11.7. The molecule has 0 unspecified atom stereocenters. The summed E-state index contributed by atoms with van der Waals surface area (Å²) in [5.74, 6) is 0.153. The fourth-order valence-electron chi connectivity index (χ4n) is 1.69. The molecule has 7 heteroatoms. The molecule has 120 valence electrons. The van der Waals surface area contributed by atoms with Gasteiger partial charge in [-0.3, -0.25) is 4.79 Å². The van der Waals surface area contributed by atoms with Crippen molar-refractivity contribution in [2.24, 2.45) is 5.10 Å². The molecule has 0 radical (unpaired) electrons. The highest BCUT2D eigenvalue weighted by molar-refractivity contribution is 6.36. The Hall–Kier alpha value is -1.75. The van der Waals surface area contributed by atoms with Crippen molar-refractivity contribution in [1.82, 2.24) is 5.43 Å². The van der Waals surface area contributed by atoms with Crippen molar-refractivity contribution in [2.45, 2.75) is 6.92 Å². The molecule has 0 bridgehead atoms. The third kappa shape index (κ3) is 5.43. The Morgan fingerprint density at radius 3 is 2.43 bits per heavy atom. The second-order valence-corrected chi connectivity index (χ2v) is 5.88. The lowest BCUT2D eigenvalue weighted by atomic mass is 10.1. The minimum Gasteiger partial charge on any atom is -0.484 e. The molecule has 0 aliphatic rings. The summed E-state index contributed by atoms with van der Waals surface area (Å²) < 4.78 is 5.32. The van der Waals surface area contributed by atoms with Crippen LogP contribution in [0.3, 0.4) is 0 Å². The summed E-state index contributed by atoms with van der Waals surface area (Å²) >= 11 is 17.8. The molecule has 0 aromatic heterocycles. The van der Waals surface area contributed by atoms with E-state index in [2.05, 4.69) is 10.5 Å². The van der Waals surface area contributed by atoms with Crippen molar-refractivity contribution in [2.75, 3.05) is 6.61 Å². The average molecular weight is 372 g/mol. The molecule has 0 aliphatic heterocycles. The smallest absolute Gasteiger partial charge is 0.277 e. The third-order valence-corrected chi connectivity index (χ3v) is 3.67. The highest BCUT2D eigenvalue weighted by atomic mass is 35.5. The van der Waals surface area contributed by atoms with Crippen LogP contribution in [-0.4, -0.2) is 18.2 Å². The zero-order valence-electron chi connectivity index (χ0n) is 12.1. The number of rotatable bonds is 5. The molecule has 0 fully saturated rings. The summed E-state index contributed by atoms with van der Waals surface area (Å²) in [6, 6.07) is 11.7. The molecule has 2 aromatic carbocycles. The first-order valence-corrected chi connectivity index (χ1v) is 7.76. The zero-order valence-corrected chi connectivity index (χ0v) is 14.4. The Morgan fingerprint density at radius 2 is 1.74 bits per heavy atom. The molecule has 0 spiro atoms. The standard InChI is InChI=1S/C16H13Cl3N2O2/c1-10(14-8-12(18)4-7-15(14)19)20-21-16(22)9-23-13-5-2-11(17)3-6-13/h2-8H,9H2,1H3,(H,21,22)/b20-10-. The number of halogens is 3. The largest absolute Gasteiger partial charge is 0.484 e. The van der Waals surface area contributed by atoms with Gasteiger partial charge in [0.25, 0.3) is 5.91 Å². The first-order valence-electron chi connectivity index (χ1n) is 6.62. The lowest BCUT2D eigenvalue weighted by Crippen LogP contribution is -2.25. The molecule has 4 nitrogen and oxygen atoms in total. The van der Waals surface area contributed by atoms with Crippen LogP contribution in [-0.2, 0) is 4.79 Å². The van der Waals surface area contributed by atoms with Gasteiger partial charge >= 0.3 is 0 Å². The van der Waals surface area contributed by atoms with Crippen LogP contribution in [0.1, 0.15) is 12.5 Å². The van der Waals surface area contributed by atoms with E-state index in [0.29, 0.717) is 32.1 Å². The monoisotopic (exact) mass is 370 g/mol. The minimum absolute atomic E-state index is 0.165. The number of amides is 1. The van der Waals surface area contributed by atoms with E-state index in [-0.39, 0.29) is 6.61 Å². The molecule has 0 saturated heterocycles. The van der Waals surface area contributed by atoms with E-state index < -0.39 is 5.91 Å². The van der Waals surface area contributed by atoms with E-state index in [1.54, 1.807) is 49.4 Å². The van der Waals surface area contributed by atoms with Crippen molar-refractivity contribution < 1.29 is 9.53 Å². The van der Waals surface area contributed by atoms with Gasteiger partial charge in [0.05, 0.1) is 5.71 Å². The molecular formula is C16H13Cl3N2O2. The lowest BCUT2D eigenvalue weighted by molar-refractivity contribution is -0.123. The second-order valence-electron chi connectivity index (χ2n) is 4.60. The topological polar surface area (TPSA) is 50.7 Å². The van der Waals surface area contributed by atoms with Crippen molar-refractivity contribution >= 4 is 46.4 Å². The number of carbonyl (C=O) groups excluding carboxylic acids is 1. The summed E-state index contributed by atoms with van der Waals surface area (Å²) in [7, 11) is 0. The third-order valence-electron chi connectivity index (χ3n) is 2.85. The van der Waals surface area contributed by atoms with Gasteiger partial charge in [0.1, 0.15) is 5.75 Å². The fourth-order valence-corrected chi connectivity index (χ4v) is 2.25. The molecule has 0 aliphatic carbocycles. The summed E-state index contributed by atoms with van der Waals surface area (Å²) in [5.41, 5.74) is 3.60. The number of carbonyl (C=O) groups is 1. The predicted octanol–water partition coefficient (Wildman–Crippen LogP) is 4.57. The van der Waals surface area contributed by atoms with E-state index in [0.717, 1.165) is 0 Å². The fraction of sp³-hybridized carbons (Fsp3) is 0.125. The first kappa shape index (κ1) is 17.6. The molecule has 0 heterocycles. The highest BCUT2D eigenvalue weighted by Gasteiger charge is 2.06. The molecular weight excluding hydrogens is 359 g/mol. The van der Waals surface area contributed by atoms with Gasteiger partial charge in [-0.2, -0.15) is 5.10 Å². The van der Waals surface area contributed by atoms with Crippen LogP contribution in [0.15, 0.2) is 47.6 Å². The molecule has 1 amide bonds. The van der Waals surface area contributed by atoms with Crippen LogP contribution in [0.2, 0.25) is 15.1 Å². The Bertz CT molecular complexity index is 731. The number of nitrogens with zero attached hydrogens (tertiary/aromatic N) is 1. The van der Waals surface area contributed by atoms with E-state index in [9.17, 15) is 4.79 Å². The second kappa shape index (κ2) is 8.20. The van der Waals surface area contributed by atoms with Gasteiger partial charge in [0.2, 0.25) is 0 Å². The van der Waals surface area contributed by atoms with Crippen molar-refractivity contribution in [3.05, 3.63) is 63.1 Å². The number of hydrogen-bond acceptors (Lipinski definition) is 3. The Morgan fingerprint density at radius 1 is 1.09 bits per heavy atom. The molecule has 2 aromatic rings.